The molecule has 1 aromatic heterocycles. The predicted molar refractivity (Wildman–Crippen MR) is 79.6 cm³/mol. The molecule has 23 heavy (non-hydrogen) atoms. The lowest BCUT2D eigenvalue weighted by Gasteiger charge is -2.07. The van der Waals surface area contributed by atoms with E-state index in [1.165, 1.54) is 29.5 Å². The van der Waals surface area contributed by atoms with Crippen LogP contribution in [0.15, 0.2) is 41.8 Å². The molecule has 0 unspecified atom stereocenters. The van der Waals surface area contributed by atoms with Crippen molar-refractivity contribution in [2.75, 3.05) is 13.2 Å². The molecule has 0 fully saturated rings. The lowest BCUT2D eigenvalue weighted by atomic mass is 10.3. The molecule has 120 valence electrons. The van der Waals surface area contributed by atoms with Gasteiger partial charge in [-0.2, -0.15) is 0 Å². The third-order valence-corrected chi connectivity index (χ3v) is 3.38. The Morgan fingerprint density at radius 1 is 1.13 bits per heavy atom. The molecule has 1 N–H and O–H groups in total. The Morgan fingerprint density at radius 2 is 1.96 bits per heavy atom. The average molecular weight is 337 g/mol. The number of carbonyl (C=O) groups is 3. The predicted octanol–water partition coefficient (Wildman–Crippen LogP) is 1.77. The standard InChI is InChI=1S/C15H12FNO5S/c16-10-3-1-4-11(7-10)21-9-14(19)22-8-13(18)17-15(20)12-5-2-6-23-12/h1-7H,8-9H2,(H,17,18,20). The fourth-order valence-electron chi connectivity index (χ4n) is 1.52. The fraction of sp³-hybridized carbons (Fsp3) is 0.133. The SMILES string of the molecule is O=C(COC(=O)COc1cccc(F)c1)NC(=O)c1cccs1. The van der Waals surface area contributed by atoms with E-state index in [4.69, 9.17) is 4.74 Å². The van der Waals surface area contributed by atoms with Crippen molar-refractivity contribution in [1.82, 2.24) is 5.32 Å². The highest BCUT2D eigenvalue weighted by atomic mass is 32.1. The van der Waals surface area contributed by atoms with Crippen molar-refractivity contribution in [3.8, 4) is 5.75 Å². The van der Waals surface area contributed by atoms with Gasteiger partial charge in [0.05, 0.1) is 4.88 Å². The lowest BCUT2D eigenvalue weighted by Crippen LogP contribution is -2.34. The molecule has 2 rings (SSSR count). The molecule has 1 aromatic carbocycles. The Hall–Kier alpha value is -2.74. The Morgan fingerprint density at radius 3 is 2.65 bits per heavy atom. The molecule has 2 amide bonds. The summed E-state index contributed by atoms with van der Waals surface area (Å²) in [5.74, 6) is -2.45. The molecule has 0 bridgehead atoms. The first-order valence-corrected chi connectivity index (χ1v) is 7.34. The summed E-state index contributed by atoms with van der Waals surface area (Å²) in [6, 6.07) is 8.49. The number of hydrogen-bond donors (Lipinski definition) is 1. The van der Waals surface area contributed by atoms with Crippen LogP contribution in [0.4, 0.5) is 4.39 Å². The molecule has 0 saturated heterocycles. The molecule has 0 spiro atoms. The van der Waals surface area contributed by atoms with Gasteiger partial charge in [0.15, 0.2) is 13.2 Å². The second kappa shape index (κ2) is 8.04. The number of amides is 2. The minimum atomic E-state index is -0.812. The average Bonchev–Trinajstić information content (AvgIpc) is 3.05. The van der Waals surface area contributed by atoms with Crippen molar-refractivity contribution in [3.05, 3.63) is 52.5 Å². The largest absolute Gasteiger partial charge is 0.482 e. The maximum atomic E-state index is 12.9. The van der Waals surface area contributed by atoms with Gasteiger partial charge in [0.2, 0.25) is 0 Å². The van der Waals surface area contributed by atoms with E-state index in [9.17, 15) is 18.8 Å². The van der Waals surface area contributed by atoms with Crippen LogP contribution in [0.1, 0.15) is 9.67 Å². The second-order valence-corrected chi connectivity index (χ2v) is 5.21. The highest BCUT2D eigenvalue weighted by Crippen LogP contribution is 2.11. The first kappa shape index (κ1) is 16.6. The molecule has 0 aliphatic heterocycles. The van der Waals surface area contributed by atoms with Gasteiger partial charge >= 0.3 is 5.97 Å². The van der Waals surface area contributed by atoms with E-state index < -0.39 is 36.8 Å². The van der Waals surface area contributed by atoms with Gasteiger partial charge in [0.25, 0.3) is 11.8 Å². The molecule has 6 nitrogen and oxygen atoms in total. The molecule has 0 aliphatic rings. The third-order valence-electron chi connectivity index (χ3n) is 2.51. The number of imide groups is 1. The zero-order chi connectivity index (χ0) is 16.7. The van der Waals surface area contributed by atoms with Gasteiger partial charge < -0.3 is 9.47 Å². The number of halogens is 1. The molecule has 0 saturated carbocycles. The monoisotopic (exact) mass is 337 g/mol. The second-order valence-electron chi connectivity index (χ2n) is 4.26. The lowest BCUT2D eigenvalue weighted by molar-refractivity contribution is -0.150. The van der Waals surface area contributed by atoms with Crippen LogP contribution in [0.25, 0.3) is 0 Å². The van der Waals surface area contributed by atoms with Crippen molar-refractivity contribution in [2.24, 2.45) is 0 Å². The van der Waals surface area contributed by atoms with E-state index in [0.717, 1.165) is 6.07 Å². The van der Waals surface area contributed by atoms with Crippen molar-refractivity contribution in [1.29, 1.82) is 0 Å². The third kappa shape index (κ3) is 5.51. The summed E-state index contributed by atoms with van der Waals surface area (Å²) in [6.45, 7) is -1.09. The van der Waals surface area contributed by atoms with Crippen LogP contribution in [0.3, 0.4) is 0 Å². The number of carbonyl (C=O) groups excluding carboxylic acids is 3. The summed E-state index contributed by atoms with van der Waals surface area (Å²) in [7, 11) is 0. The van der Waals surface area contributed by atoms with Crippen LogP contribution >= 0.6 is 11.3 Å². The van der Waals surface area contributed by atoms with E-state index in [1.807, 2.05) is 0 Å². The Labute approximate surface area is 134 Å². The van der Waals surface area contributed by atoms with Gasteiger partial charge in [0.1, 0.15) is 11.6 Å². The van der Waals surface area contributed by atoms with E-state index in [-0.39, 0.29) is 5.75 Å². The van der Waals surface area contributed by atoms with Crippen molar-refractivity contribution in [2.45, 2.75) is 0 Å². The van der Waals surface area contributed by atoms with Crippen LogP contribution in [0, 0.1) is 5.82 Å². The van der Waals surface area contributed by atoms with Crippen molar-refractivity contribution >= 4 is 29.1 Å². The van der Waals surface area contributed by atoms with Crippen LogP contribution in [0.5, 0.6) is 5.75 Å². The van der Waals surface area contributed by atoms with E-state index in [1.54, 1.807) is 17.5 Å². The molecule has 0 aliphatic carbocycles. The van der Waals surface area contributed by atoms with E-state index in [0.29, 0.717) is 4.88 Å². The number of rotatable bonds is 6. The van der Waals surface area contributed by atoms with Crippen LogP contribution in [-0.4, -0.2) is 31.0 Å². The normalized spacial score (nSPS) is 9.96. The van der Waals surface area contributed by atoms with Crippen LogP contribution < -0.4 is 10.1 Å². The maximum Gasteiger partial charge on any atom is 0.344 e. The summed E-state index contributed by atoms with van der Waals surface area (Å²) in [6.07, 6.45) is 0. The zero-order valence-electron chi connectivity index (χ0n) is 11.8. The van der Waals surface area contributed by atoms with Crippen molar-refractivity contribution in [3.63, 3.8) is 0 Å². The van der Waals surface area contributed by atoms with Gasteiger partial charge in [0, 0.05) is 6.07 Å². The van der Waals surface area contributed by atoms with Gasteiger partial charge in [-0.1, -0.05) is 12.1 Å². The number of esters is 1. The Balaban J connectivity index is 1.69. The molecule has 0 atom stereocenters. The highest BCUT2D eigenvalue weighted by Gasteiger charge is 2.13. The Bertz CT molecular complexity index is 702. The quantitative estimate of drug-likeness (QED) is 0.813. The molecular formula is C15H12FNO5S. The maximum absolute atomic E-state index is 12.9. The minimum Gasteiger partial charge on any atom is -0.482 e. The summed E-state index contributed by atoms with van der Waals surface area (Å²) < 4.78 is 22.6. The van der Waals surface area contributed by atoms with Gasteiger partial charge in [-0.05, 0) is 23.6 Å². The fourth-order valence-corrected chi connectivity index (χ4v) is 2.14. The molecule has 1 heterocycles. The highest BCUT2D eigenvalue weighted by molar-refractivity contribution is 7.12. The number of nitrogens with one attached hydrogen (secondary N) is 1. The van der Waals surface area contributed by atoms with E-state index in [2.05, 4.69) is 10.1 Å². The van der Waals surface area contributed by atoms with Gasteiger partial charge in [-0.3, -0.25) is 14.9 Å². The first-order chi connectivity index (χ1) is 11.0. The van der Waals surface area contributed by atoms with Crippen LogP contribution in [0.2, 0.25) is 0 Å². The summed E-state index contributed by atoms with van der Waals surface area (Å²) in [4.78, 5) is 34.8. The Kier molecular flexibility index (Phi) is 5.81. The number of hydrogen-bond acceptors (Lipinski definition) is 6. The molecule has 8 heteroatoms. The van der Waals surface area contributed by atoms with Crippen LogP contribution in [-0.2, 0) is 14.3 Å². The number of benzene rings is 1. The minimum absolute atomic E-state index is 0.166. The molecule has 2 aromatic rings. The smallest absolute Gasteiger partial charge is 0.344 e. The summed E-state index contributed by atoms with van der Waals surface area (Å²) in [5.41, 5.74) is 0. The van der Waals surface area contributed by atoms with E-state index >= 15 is 0 Å². The zero-order valence-corrected chi connectivity index (χ0v) is 12.6. The van der Waals surface area contributed by atoms with Gasteiger partial charge in [-0.25, -0.2) is 9.18 Å². The van der Waals surface area contributed by atoms with Gasteiger partial charge in [-0.15, -0.1) is 11.3 Å². The molecule has 0 radical (unpaired) electrons. The topological polar surface area (TPSA) is 81.7 Å². The first-order valence-electron chi connectivity index (χ1n) is 6.46. The van der Waals surface area contributed by atoms with Crippen molar-refractivity contribution < 1.29 is 28.2 Å². The molecular weight excluding hydrogens is 325 g/mol. The summed E-state index contributed by atoms with van der Waals surface area (Å²) in [5, 5.41) is 3.78. The number of thiophene rings is 1. The summed E-state index contributed by atoms with van der Waals surface area (Å²) >= 11 is 1.18. The number of ether oxygens (including phenoxy) is 2.